The summed E-state index contributed by atoms with van der Waals surface area (Å²) in [7, 11) is 0. The lowest BCUT2D eigenvalue weighted by molar-refractivity contribution is -0.135. The van der Waals surface area contributed by atoms with Crippen LogP contribution in [0.25, 0.3) is 6.08 Å². The van der Waals surface area contributed by atoms with Crippen molar-refractivity contribution in [3.8, 4) is 0 Å². The first-order chi connectivity index (χ1) is 14.1. The number of nitrogens with zero attached hydrogens (tertiary/aromatic N) is 2. The lowest BCUT2D eigenvalue weighted by Gasteiger charge is -2.22. The predicted molar refractivity (Wildman–Crippen MR) is 111 cm³/mol. The van der Waals surface area contributed by atoms with Crippen LogP contribution in [-0.2, 0) is 10.4 Å². The van der Waals surface area contributed by atoms with E-state index in [1.165, 1.54) is 11.1 Å². The third-order valence-electron chi connectivity index (χ3n) is 5.00. The number of Topliss-reactive ketones (excluding diaryl/α,β-unsaturated/α-hetero) is 1. The quantitative estimate of drug-likeness (QED) is 0.659. The van der Waals surface area contributed by atoms with Crippen LogP contribution in [0.5, 0.6) is 0 Å². The van der Waals surface area contributed by atoms with E-state index < -0.39 is 11.5 Å². The number of benzene rings is 2. The fourth-order valence-electron chi connectivity index (χ4n) is 3.57. The normalized spacial score (nSPS) is 18.2. The van der Waals surface area contributed by atoms with Gasteiger partial charge >= 0.3 is 0 Å². The summed E-state index contributed by atoms with van der Waals surface area (Å²) in [5, 5.41) is 11.3. The number of fused-ring (bicyclic) bond motifs is 1. The van der Waals surface area contributed by atoms with Gasteiger partial charge in [0.15, 0.2) is 11.4 Å². The lowest BCUT2D eigenvalue weighted by Crippen LogP contribution is -2.42. The SMILES string of the molecule is O=C(C[C@]1(O)C(=O)N(C/C=C/c2ccccc2)c2ccccc21)c1ccccn1. The zero-order valence-electron chi connectivity index (χ0n) is 15.7. The Kier molecular flexibility index (Phi) is 5.06. The zero-order valence-corrected chi connectivity index (χ0v) is 15.7. The van der Waals surface area contributed by atoms with Crippen molar-refractivity contribution in [2.45, 2.75) is 12.0 Å². The summed E-state index contributed by atoms with van der Waals surface area (Å²) >= 11 is 0. The Labute approximate surface area is 169 Å². The fourth-order valence-corrected chi connectivity index (χ4v) is 3.57. The summed E-state index contributed by atoms with van der Waals surface area (Å²) in [4.78, 5) is 31.4. The summed E-state index contributed by atoms with van der Waals surface area (Å²) in [6, 6.07) is 21.8. The molecule has 2 heterocycles. The lowest BCUT2D eigenvalue weighted by atomic mass is 9.89. The van der Waals surface area contributed by atoms with Crippen molar-refractivity contribution < 1.29 is 14.7 Å². The summed E-state index contributed by atoms with van der Waals surface area (Å²) in [5.41, 5.74) is 0.418. The smallest absolute Gasteiger partial charge is 0.264 e. The van der Waals surface area contributed by atoms with Crippen molar-refractivity contribution in [1.29, 1.82) is 0 Å². The largest absolute Gasteiger partial charge is 0.375 e. The van der Waals surface area contributed by atoms with Gasteiger partial charge in [-0.1, -0.05) is 66.7 Å². The van der Waals surface area contributed by atoms with E-state index in [0.717, 1.165) is 5.56 Å². The van der Waals surface area contributed by atoms with Crippen LogP contribution in [0.15, 0.2) is 85.1 Å². The van der Waals surface area contributed by atoms with Gasteiger partial charge in [-0.15, -0.1) is 0 Å². The highest BCUT2D eigenvalue weighted by atomic mass is 16.3. The van der Waals surface area contributed by atoms with E-state index in [-0.39, 0.29) is 17.9 Å². The van der Waals surface area contributed by atoms with E-state index in [2.05, 4.69) is 4.98 Å². The van der Waals surface area contributed by atoms with Crippen LogP contribution < -0.4 is 4.90 Å². The maximum Gasteiger partial charge on any atom is 0.264 e. The third kappa shape index (κ3) is 3.60. The molecular weight excluding hydrogens is 364 g/mol. The van der Waals surface area contributed by atoms with E-state index in [0.29, 0.717) is 17.8 Å². The summed E-state index contributed by atoms with van der Waals surface area (Å²) in [6.45, 7) is 0.296. The second-order valence-electron chi connectivity index (χ2n) is 6.92. The second kappa shape index (κ2) is 7.81. The Balaban J connectivity index is 1.60. The number of carbonyl (C=O) groups excluding carboxylic acids is 2. The third-order valence-corrected chi connectivity index (χ3v) is 5.00. The highest BCUT2D eigenvalue weighted by Gasteiger charge is 2.50. The van der Waals surface area contributed by atoms with Crippen molar-refractivity contribution in [2.75, 3.05) is 11.4 Å². The molecule has 3 aromatic rings. The van der Waals surface area contributed by atoms with Gasteiger partial charge in [-0.2, -0.15) is 0 Å². The van der Waals surface area contributed by atoms with Crippen LogP contribution in [0.4, 0.5) is 5.69 Å². The maximum absolute atomic E-state index is 13.2. The molecule has 0 aliphatic carbocycles. The monoisotopic (exact) mass is 384 g/mol. The number of aliphatic hydroxyl groups is 1. The fraction of sp³-hybridized carbons (Fsp3) is 0.125. The molecule has 1 aliphatic rings. The van der Waals surface area contributed by atoms with Crippen molar-refractivity contribution in [3.63, 3.8) is 0 Å². The predicted octanol–water partition coefficient (Wildman–Crippen LogP) is 3.60. The minimum atomic E-state index is -1.90. The molecule has 5 heteroatoms. The molecule has 1 aromatic heterocycles. The highest BCUT2D eigenvalue weighted by molar-refractivity contribution is 6.10. The van der Waals surface area contributed by atoms with E-state index in [9.17, 15) is 14.7 Å². The van der Waals surface area contributed by atoms with E-state index >= 15 is 0 Å². The van der Waals surface area contributed by atoms with E-state index in [4.69, 9.17) is 0 Å². The standard InChI is InChI=1S/C24H20N2O3/c27-22(20-13-6-7-15-25-20)17-24(29)19-12-4-5-14-21(19)26(23(24)28)16-8-11-18-9-2-1-3-10-18/h1-15,29H,16-17H2/b11-8+/t24-/m1/s1. The van der Waals surface area contributed by atoms with Gasteiger partial charge in [-0.3, -0.25) is 14.6 Å². The number of amides is 1. The maximum atomic E-state index is 13.2. The molecule has 1 atom stereocenters. The molecule has 144 valence electrons. The van der Waals surface area contributed by atoms with E-state index in [1.807, 2.05) is 48.6 Å². The number of hydrogen-bond acceptors (Lipinski definition) is 4. The minimum absolute atomic E-state index is 0.230. The van der Waals surface area contributed by atoms with Gasteiger partial charge in [0.05, 0.1) is 12.1 Å². The van der Waals surface area contributed by atoms with E-state index in [1.54, 1.807) is 36.4 Å². The zero-order chi connectivity index (χ0) is 20.3. The Morgan fingerprint density at radius 2 is 1.72 bits per heavy atom. The van der Waals surface area contributed by atoms with Crippen molar-refractivity contribution in [2.24, 2.45) is 0 Å². The molecule has 0 fully saturated rings. The Morgan fingerprint density at radius 3 is 2.48 bits per heavy atom. The number of anilines is 1. The first kappa shape index (κ1) is 18.8. The Morgan fingerprint density at radius 1 is 1.00 bits per heavy atom. The van der Waals surface area contributed by atoms with Crippen LogP contribution in [-0.4, -0.2) is 28.3 Å². The molecule has 0 unspecified atom stereocenters. The molecule has 1 N–H and O–H groups in total. The Hall–Kier alpha value is -3.57. The van der Waals surface area contributed by atoms with Crippen LogP contribution in [0, 0.1) is 0 Å². The van der Waals surface area contributed by atoms with Crippen molar-refractivity contribution in [3.05, 3.63) is 102 Å². The number of rotatable bonds is 6. The Bertz CT molecular complexity index is 1060. The number of pyridine rings is 1. The summed E-state index contributed by atoms with van der Waals surface area (Å²) < 4.78 is 0. The average molecular weight is 384 g/mol. The average Bonchev–Trinajstić information content (AvgIpc) is 2.97. The van der Waals surface area contributed by atoms with Crippen LogP contribution >= 0.6 is 0 Å². The number of aromatic nitrogens is 1. The molecule has 2 aromatic carbocycles. The summed E-state index contributed by atoms with van der Waals surface area (Å²) in [5.74, 6) is -0.876. The highest BCUT2D eigenvalue weighted by Crippen LogP contribution is 2.42. The topological polar surface area (TPSA) is 70.5 Å². The molecule has 1 amide bonds. The molecule has 0 bridgehead atoms. The first-order valence-electron chi connectivity index (χ1n) is 9.39. The number of hydrogen-bond donors (Lipinski definition) is 1. The van der Waals surface area contributed by atoms with Crippen LogP contribution in [0.3, 0.4) is 0 Å². The molecule has 0 spiro atoms. The number of carbonyl (C=O) groups is 2. The second-order valence-corrected chi connectivity index (χ2v) is 6.92. The van der Waals surface area contributed by atoms with Gasteiger partial charge < -0.3 is 10.0 Å². The molecular formula is C24H20N2O3. The van der Waals surface area contributed by atoms with Gasteiger partial charge in [0, 0.05) is 18.3 Å². The molecule has 0 saturated carbocycles. The van der Waals surface area contributed by atoms with Crippen LogP contribution in [0.2, 0.25) is 0 Å². The molecule has 4 rings (SSSR count). The van der Waals surface area contributed by atoms with Gasteiger partial charge in [-0.05, 0) is 23.8 Å². The van der Waals surface area contributed by atoms with Gasteiger partial charge in [0.1, 0.15) is 5.69 Å². The molecule has 29 heavy (non-hydrogen) atoms. The van der Waals surface area contributed by atoms with Gasteiger partial charge in [-0.25, -0.2) is 0 Å². The van der Waals surface area contributed by atoms with Crippen molar-refractivity contribution >= 4 is 23.5 Å². The van der Waals surface area contributed by atoms with Gasteiger partial charge in [0.2, 0.25) is 0 Å². The van der Waals surface area contributed by atoms with Crippen LogP contribution in [0.1, 0.15) is 28.0 Å². The molecule has 1 aliphatic heterocycles. The minimum Gasteiger partial charge on any atom is -0.375 e. The summed E-state index contributed by atoms with van der Waals surface area (Å²) in [6.07, 6.45) is 4.96. The number of ketones is 1. The molecule has 0 saturated heterocycles. The van der Waals surface area contributed by atoms with Gasteiger partial charge in [0.25, 0.3) is 5.91 Å². The number of para-hydroxylation sites is 1. The molecule has 0 radical (unpaired) electrons. The molecule has 5 nitrogen and oxygen atoms in total. The van der Waals surface area contributed by atoms with Crippen molar-refractivity contribution in [1.82, 2.24) is 4.98 Å². The first-order valence-corrected chi connectivity index (χ1v) is 9.39.